The molecule has 0 bridgehead atoms. The molecular weight excluding hydrogens is 250 g/mol. The molecule has 0 aromatic carbocycles. The molecule has 116 valence electrons. The highest BCUT2D eigenvalue weighted by atomic mass is 16.2. The van der Waals surface area contributed by atoms with Crippen molar-refractivity contribution in [1.82, 2.24) is 9.80 Å². The number of hydrogen-bond acceptors (Lipinski definition) is 3. The summed E-state index contributed by atoms with van der Waals surface area (Å²) in [6.07, 6.45) is 4.42. The molecule has 0 spiro atoms. The number of nitrogens with two attached hydrogens (primary N) is 1. The third-order valence-electron chi connectivity index (χ3n) is 5.42. The Balaban J connectivity index is 1.94. The number of hydrogen-bond donors (Lipinski definition) is 1. The number of nitrogens with zero attached hydrogens (tertiary/aromatic N) is 2. The van der Waals surface area contributed by atoms with Crippen LogP contribution in [0.3, 0.4) is 0 Å². The molecule has 0 aromatic rings. The number of likely N-dealkylation sites (N-methyl/N-ethyl adjacent to an activating group) is 1. The molecule has 0 aromatic heterocycles. The predicted molar refractivity (Wildman–Crippen MR) is 82.4 cm³/mol. The second-order valence-electron chi connectivity index (χ2n) is 6.54. The van der Waals surface area contributed by atoms with Crippen molar-refractivity contribution in [1.29, 1.82) is 0 Å². The van der Waals surface area contributed by atoms with Gasteiger partial charge in [0.15, 0.2) is 0 Å². The van der Waals surface area contributed by atoms with E-state index in [9.17, 15) is 4.79 Å². The summed E-state index contributed by atoms with van der Waals surface area (Å²) < 4.78 is 0. The molecule has 1 amide bonds. The minimum absolute atomic E-state index is 0.0590. The van der Waals surface area contributed by atoms with Crippen LogP contribution in [-0.2, 0) is 4.79 Å². The van der Waals surface area contributed by atoms with Crippen molar-refractivity contribution in [3.8, 4) is 0 Å². The standard InChI is InChI=1S/C16H31N3O/c1-4-18(5-2)13-9-10-19(11-13)16(20)14-8-6-7-12(3)15(14)17/h12-15H,4-11,17H2,1-3H3. The number of amides is 1. The Kier molecular flexibility index (Phi) is 5.44. The maximum absolute atomic E-state index is 12.7. The van der Waals surface area contributed by atoms with Crippen LogP contribution in [-0.4, -0.2) is 54.0 Å². The van der Waals surface area contributed by atoms with Crippen molar-refractivity contribution in [2.75, 3.05) is 26.2 Å². The summed E-state index contributed by atoms with van der Waals surface area (Å²) in [5.74, 6) is 0.867. The van der Waals surface area contributed by atoms with E-state index in [-0.39, 0.29) is 12.0 Å². The Morgan fingerprint density at radius 3 is 2.60 bits per heavy atom. The first kappa shape index (κ1) is 15.8. The zero-order chi connectivity index (χ0) is 14.7. The van der Waals surface area contributed by atoms with Gasteiger partial charge >= 0.3 is 0 Å². The molecule has 1 heterocycles. The molecular formula is C16H31N3O. The molecule has 1 aliphatic heterocycles. The van der Waals surface area contributed by atoms with E-state index >= 15 is 0 Å². The van der Waals surface area contributed by atoms with E-state index in [1.807, 2.05) is 0 Å². The van der Waals surface area contributed by atoms with Crippen molar-refractivity contribution >= 4 is 5.91 Å². The molecule has 2 aliphatic rings. The molecule has 4 nitrogen and oxygen atoms in total. The fraction of sp³-hybridized carbons (Fsp3) is 0.938. The van der Waals surface area contributed by atoms with Gasteiger partial charge in [-0.05, 0) is 38.3 Å². The zero-order valence-corrected chi connectivity index (χ0v) is 13.3. The van der Waals surface area contributed by atoms with Gasteiger partial charge in [-0.2, -0.15) is 0 Å². The maximum Gasteiger partial charge on any atom is 0.227 e. The van der Waals surface area contributed by atoms with Crippen molar-refractivity contribution in [2.45, 2.75) is 58.5 Å². The molecule has 4 heteroatoms. The average Bonchev–Trinajstić information content (AvgIpc) is 2.92. The second kappa shape index (κ2) is 6.90. The second-order valence-corrected chi connectivity index (χ2v) is 6.54. The Hall–Kier alpha value is -0.610. The van der Waals surface area contributed by atoms with Crippen LogP contribution in [0.4, 0.5) is 0 Å². The lowest BCUT2D eigenvalue weighted by molar-refractivity contribution is -0.136. The van der Waals surface area contributed by atoms with Crippen LogP contribution in [0.25, 0.3) is 0 Å². The summed E-state index contributed by atoms with van der Waals surface area (Å²) in [5.41, 5.74) is 6.28. The average molecular weight is 281 g/mol. The molecule has 4 unspecified atom stereocenters. The van der Waals surface area contributed by atoms with E-state index < -0.39 is 0 Å². The number of rotatable bonds is 4. The van der Waals surface area contributed by atoms with Crippen molar-refractivity contribution in [3.05, 3.63) is 0 Å². The van der Waals surface area contributed by atoms with Gasteiger partial charge in [0.05, 0.1) is 5.92 Å². The maximum atomic E-state index is 12.7. The molecule has 20 heavy (non-hydrogen) atoms. The van der Waals surface area contributed by atoms with Crippen molar-refractivity contribution in [2.24, 2.45) is 17.6 Å². The largest absolute Gasteiger partial charge is 0.341 e. The zero-order valence-electron chi connectivity index (χ0n) is 13.3. The van der Waals surface area contributed by atoms with Crippen LogP contribution in [0, 0.1) is 11.8 Å². The van der Waals surface area contributed by atoms with Gasteiger partial charge in [0.25, 0.3) is 0 Å². The molecule has 2 rings (SSSR count). The molecule has 1 saturated carbocycles. The smallest absolute Gasteiger partial charge is 0.227 e. The summed E-state index contributed by atoms with van der Waals surface area (Å²) in [7, 11) is 0. The van der Waals surface area contributed by atoms with Gasteiger partial charge in [0, 0.05) is 25.2 Å². The van der Waals surface area contributed by atoms with Gasteiger partial charge in [-0.1, -0.05) is 27.2 Å². The van der Waals surface area contributed by atoms with Crippen LogP contribution in [0.2, 0.25) is 0 Å². The number of likely N-dealkylation sites (tertiary alicyclic amines) is 1. The summed E-state index contributed by atoms with van der Waals surface area (Å²) >= 11 is 0. The monoisotopic (exact) mass is 281 g/mol. The number of carbonyl (C=O) groups excluding carboxylic acids is 1. The van der Waals surface area contributed by atoms with E-state index in [0.717, 1.165) is 45.4 Å². The van der Waals surface area contributed by atoms with Crippen LogP contribution in [0.15, 0.2) is 0 Å². The van der Waals surface area contributed by atoms with Gasteiger partial charge in [-0.25, -0.2) is 0 Å². The Labute approximate surface area is 123 Å². The molecule has 1 saturated heterocycles. The summed E-state index contributed by atoms with van der Waals surface area (Å²) in [6, 6.07) is 0.606. The van der Waals surface area contributed by atoms with Gasteiger partial charge in [-0.3, -0.25) is 9.69 Å². The highest BCUT2D eigenvalue weighted by Gasteiger charge is 2.38. The minimum atomic E-state index is 0.0590. The Bertz CT molecular complexity index is 330. The third-order valence-corrected chi connectivity index (χ3v) is 5.42. The summed E-state index contributed by atoms with van der Waals surface area (Å²) in [6.45, 7) is 10.5. The van der Waals surface area contributed by atoms with Crippen LogP contribution < -0.4 is 5.73 Å². The van der Waals surface area contributed by atoms with Crippen molar-refractivity contribution in [3.63, 3.8) is 0 Å². The van der Waals surface area contributed by atoms with Gasteiger partial charge in [0.2, 0.25) is 5.91 Å². The first-order valence-corrected chi connectivity index (χ1v) is 8.36. The quantitative estimate of drug-likeness (QED) is 0.853. The topological polar surface area (TPSA) is 49.6 Å². The van der Waals surface area contributed by atoms with Crippen molar-refractivity contribution < 1.29 is 4.79 Å². The van der Waals surface area contributed by atoms with E-state index in [0.29, 0.717) is 17.9 Å². The first-order valence-electron chi connectivity index (χ1n) is 8.36. The van der Waals surface area contributed by atoms with E-state index in [1.165, 1.54) is 6.42 Å². The predicted octanol–water partition coefficient (Wildman–Crippen LogP) is 1.69. The van der Waals surface area contributed by atoms with Crippen LogP contribution >= 0.6 is 0 Å². The normalized spacial score (nSPS) is 34.8. The Morgan fingerprint density at radius 1 is 1.25 bits per heavy atom. The fourth-order valence-corrected chi connectivity index (χ4v) is 3.94. The minimum Gasteiger partial charge on any atom is -0.341 e. The van der Waals surface area contributed by atoms with Crippen LogP contribution in [0.5, 0.6) is 0 Å². The fourth-order valence-electron chi connectivity index (χ4n) is 3.94. The molecule has 2 N–H and O–H groups in total. The highest BCUT2D eigenvalue weighted by Crippen LogP contribution is 2.30. The molecule has 2 fully saturated rings. The number of carbonyl (C=O) groups is 1. The summed E-state index contributed by atoms with van der Waals surface area (Å²) in [5, 5.41) is 0. The Morgan fingerprint density at radius 2 is 1.95 bits per heavy atom. The van der Waals surface area contributed by atoms with Gasteiger partial charge in [-0.15, -0.1) is 0 Å². The SMILES string of the molecule is CCN(CC)C1CCN(C(=O)C2CCCC(C)C2N)C1. The van der Waals surface area contributed by atoms with E-state index in [1.54, 1.807) is 0 Å². The lowest BCUT2D eigenvalue weighted by Gasteiger charge is -2.35. The first-order chi connectivity index (χ1) is 9.58. The lowest BCUT2D eigenvalue weighted by Crippen LogP contribution is -2.49. The molecule has 1 aliphatic carbocycles. The lowest BCUT2D eigenvalue weighted by atomic mass is 9.77. The third kappa shape index (κ3) is 3.17. The van der Waals surface area contributed by atoms with Crippen LogP contribution in [0.1, 0.15) is 46.5 Å². The van der Waals surface area contributed by atoms with Gasteiger partial charge < -0.3 is 10.6 Å². The van der Waals surface area contributed by atoms with E-state index in [2.05, 4.69) is 30.6 Å². The van der Waals surface area contributed by atoms with E-state index in [4.69, 9.17) is 5.73 Å². The molecule has 0 radical (unpaired) electrons. The highest BCUT2D eigenvalue weighted by molar-refractivity contribution is 5.80. The summed E-state index contributed by atoms with van der Waals surface area (Å²) in [4.78, 5) is 17.3. The molecule has 4 atom stereocenters. The van der Waals surface area contributed by atoms with Gasteiger partial charge in [0.1, 0.15) is 0 Å².